The number of carbonyl (C=O) groups is 1. The highest BCUT2D eigenvalue weighted by Gasteiger charge is 2.04. The highest BCUT2D eigenvalue weighted by Crippen LogP contribution is 2.22. The lowest BCUT2D eigenvalue weighted by atomic mass is 10.2. The topological polar surface area (TPSA) is 38.7 Å². The largest absolute Gasteiger partial charge is 0.462 e. The Balaban J connectivity index is 2.10. The predicted molar refractivity (Wildman–Crippen MR) is 86.1 cm³/mol. The molecule has 108 valence electrons. The Hall–Kier alpha value is -1.84. The predicted octanol–water partition coefficient (Wildman–Crippen LogP) is 4.92. The van der Waals surface area contributed by atoms with E-state index in [-0.39, 0.29) is 5.97 Å². The van der Waals surface area contributed by atoms with Gasteiger partial charge in [0.2, 0.25) is 0 Å². The molecule has 0 N–H and O–H groups in total. The molecular weight excluding hydrogens is 309 g/mol. The molecule has 0 aliphatic carbocycles. The minimum Gasteiger partial charge on any atom is -0.462 e. The number of halogens is 2. The Morgan fingerprint density at radius 1 is 1.14 bits per heavy atom. The van der Waals surface area contributed by atoms with Gasteiger partial charge in [0.15, 0.2) is 0 Å². The van der Waals surface area contributed by atoms with Crippen molar-refractivity contribution < 1.29 is 9.53 Å². The molecule has 2 rings (SSSR count). The fourth-order valence-corrected chi connectivity index (χ4v) is 1.95. The Labute approximate surface area is 133 Å². The summed E-state index contributed by atoms with van der Waals surface area (Å²) >= 11 is 11.8. The Morgan fingerprint density at radius 2 is 1.86 bits per heavy atom. The molecule has 21 heavy (non-hydrogen) atoms. The van der Waals surface area contributed by atoms with Gasteiger partial charge in [0, 0.05) is 6.21 Å². The summed E-state index contributed by atoms with van der Waals surface area (Å²) in [6.45, 7) is 2.13. The van der Waals surface area contributed by atoms with E-state index in [1.165, 1.54) is 0 Å². The van der Waals surface area contributed by atoms with E-state index in [2.05, 4.69) is 4.99 Å². The maximum absolute atomic E-state index is 11.5. The maximum Gasteiger partial charge on any atom is 0.338 e. The zero-order valence-electron chi connectivity index (χ0n) is 11.3. The van der Waals surface area contributed by atoms with Crippen LogP contribution in [-0.2, 0) is 4.74 Å². The highest BCUT2D eigenvalue weighted by molar-refractivity contribution is 6.42. The first kappa shape index (κ1) is 15.5. The lowest BCUT2D eigenvalue weighted by molar-refractivity contribution is 0.0526. The molecule has 0 heterocycles. The summed E-state index contributed by atoms with van der Waals surface area (Å²) in [5.41, 5.74) is 2.08. The molecule has 0 spiro atoms. The van der Waals surface area contributed by atoms with Gasteiger partial charge in [-0.05, 0) is 48.9 Å². The lowest BCUT2D eigenvalue weighted by Crippen LogP contribution is -2.03. The summed E-state index contributed by atoms with van der Waals surface area (Å²) in [4.78, 5) is 15.8. The van der Waals surface area contributed by atoms with Crippen molar-refractivity contribution in [3.63, 3.8) is 0 Å². The standard InChI is InChI=1S/C16H13Cl2NO2/c1-2-21-16(20)12-4-6-13(7-5-12)19-10-11-3-8-14(17)15(18)9-11/h3-10H,2H2,1H3. The summed E-state index contributed by atoms with van der Waals surface area (Å²) in [7, 11) is 0. The lowest BCUT2D eigenvalue weighted by Gasteiger charge is -2.01. The van der Waals surface area contributed by atoms with Crippen LogP contribution >= 0.6 is 23.2 Å². The molecule has 5 heteroatoms. The number of ether oxygens (including phenoxy) is 1. The van der Waals surface area contributed by atoms with Crippen LogP contribution in [0.2, 0.25) is 10.0 Å². The van der Waals surface area contributed by atoms with Crippen molar-refractivity contribution in [3.05, 3.63) is 63.6 Å². The maximum atomic E-state index is 11.5. The van der Waals surface area contributed by atoms with Crippen LogP contribution in [0.4, 0.5) is 5.69 Å². The van der Waals surface area contributed by atoms with Crippen molar-refractivity contribution in [2.45, 2.75) is 6.92 Å². The molecule has 0 aliphatic heterocycles. The quantitative estimate of drug-likeness (QED) is 0.592. The van der Waals surface area contributed by atoms with E-state index < -0.39 is 0 Å². The molecule has 0 aromatic heterocycles. The van der Waals surface area contributed by atoms with Gasteiger partial charge in [0.25, 0.3) is 0 Å². The molecule has 0 unspecified atom stereocenters. The van der Waals surface area contributed by atoms with Crippen LogP contribution < -0.4 is 0 Å². The van der Waals surface area contributed by atoms with Gasteiger partial charge in [-0.15, -0.1) is 0 Å². The normalized spacial score (nSPS) is 10.8. The third kappa shape index (κ3) is 4.31. The number of carbonyl (C=O) groups excluding carboxylic acids is 1. The first-order valence-electron chi connectivity index (χ1n) is 6.36. The molecule has 0 atom stereocenters. The van der Waals surface area contributed by atoms with E-state index >= 15 is 0 Å². The fourth-order valence-electron chi connectivity index (χ4n) is 1.64. The second-order valence-corrected chi connectivity index (χ2v) is 5.01. The van der Waals surface area contributed by atoms with E-state index in [0.717, 1.165) is 11.3 Å². The van der Waals surface area contributed by atoms with Gasteiger partial charge in [-0.25, -0.2) is 4.79 Å². The van der Waals surface area contributed by atoms with E-state index in [0.29, 0.717) is 22.2 Å². The van der Waals surface area contributed by atoms with Crippen LogP contribution in [0.15, 0.2) is 47.5 Å². The summed E-state index contributed by atoms with van der Waals surface area (Å²) in [6, 6.07) is 12.1. The molecule has 0 saturated heterocycles. The van der Waals surface area contributed by atoms with Gasteiger partial charge in [0.1, 0.15) is 0 Å². The van der Waals surface area contributed by atoms with Crippen molar-refractivity contribution in [2.75, 3.05) is 6.61 Å². The molecular formula is C16H13Cl2NO2. The first-order chi connectivity index (χ1) is 10.1. The smallest absolute Gasteiger partial charge is 0.338 e. The van der Waals surface area contributed by atoms with Crippen LogP contribution in [0.5, 0.6) is 0 Å². The van der Waals surface area contributed by atoms with Gasteiger partial charge in [-0.1, -0.05) is 29.3 Å². The SMILES string of the molecule is CCOC(=O)c1ccc(N=Cc2ccc(Cl)c(Cl)c2)cc1. The molecule has 0 amide bonds. The number of benzene rings is 2. The first-order valence-corrected chi connectivity index (χ1v) is 7.12. The monoisotopic (exact) mass is 321 g/mol. The third-order valence-electron chi connectivity index (χ3n) is 2.68. The fraction of sp³-hybridized carbons (Fsp3) is 0.125. The van der Waals surface area contributed by atoms with E-state index in [9.17, 15) is 4.79 Å². The number of aliphatic imine (C=N–C) groups is 1. The van der Waals surface area contributed by atoms with Crippen LogP contribution in [0.1, 0.15) is 22.8 Å². The minimum absolute atomic E-state index is 0.336. The van der Waals surface area contributed by atoms with Crippen molar-refractivity contribution in [1.82, 2.24) is 0 Å². The molecule has 3 nitrogen and oxygen atoms in total. The van der Waals surface area contributed by atoms with Gasteiger partial charge in [-0.2, -0.15) is 0 Å². The Kier molecular flexibility index (Phi) is 5.37. The van der Waals surface area contributed by atoms with Crippen molar-refractivity contribution in [1.29, 1.82) is 0 Å². The van der Waals surface area contributed by atoms with Crippen LogP contribution in [0, 0.1) is 0 Å². The number of hydrogen-bond acceptors (Lipinski definition) is 3. The van der Waals surface area contributed by atoms with Gasteiger partial charge < -0.3 is 4.74 Å². The van der Waals surface area contributed by atoms with Gasteiger partial charge in [-0.3, -0.25) is 4.99 Å². The Bertz CT molecular complexity index is 666. The second-order valence-electron chi connectivity index (χ2n) is 4.20. The summed E-state index contributed by atoms with van der Waals surface area (Å²) in [5.74, 6) is -0.336. The highest BCUT2D eigenvalue weighted by atomic mass is 35.5. The molecule has 0 fully saturated rings. The van der Waals surface area contributed by atoms with E-state index in [4.69, 9.17) is 27.9 Å². The molecule has 0 radical (unpaired) electrons. The number of nitrogens with zero attached hydrogens (tertiary/aromatic N) is 1. The molecule has 0 bridgehead atoms. The molecule has 2 aromatic carbocycles. The average molecular weight is 322 g/mol. The van der Waals surface area contributed by atoms with Crippen LogP contribution in [-0.4, -0.2) is 18.8 Å². The molecule has 0 aliphatic rings. The van der Waals surface area contributed by atoms with Gasteiger partial charge >= 0.3 is 5.97 Å². The molecule has 2 aromatic rings. The summed E-state index contributed by atoms with van der Waals surface area (Å²) in [6.07, 6.45) is 1.68. The minimum atomic E-state index is -0.336. The zero-order valence-corrected chi connectivity index (χ0v) is 12.9. The number of esters is 1. The summed E-state index contributed by atoms with van der Waals surface area (Å²) < 4.78 is 4.92. The van der Waals surface area contributed by atoms with Crippen molar-refractivity contribution >= 4 is 41.1 Å². The number of hydrogen-bond donors (Lipinski definition) is 0. The van der Waals surface area contributed by atoms with Crippen LogP contribution in [0.3, 0.4) is 0 Å². The number of rotatable bonds is 4. The summed E-state index contributed by atoms with van der Waals surface area (Å²) in [5, 5.41) is 0.992. The third-order valence-corrected chi connectivity index (χ3v) is 3.42. The van der Waals surface area contributed by atoms with Gasteiger partial charge in [0.05, 0.1) is 27.9 Å². The zero-order chi connectivity index (χ0) is 15.2. The Morgan fingerprint density at radius 3 is 2.48 bits per heavy atom. The average Bonchev–Trinajstić information content (AvgIpc) is 2.49. The van der Waals surface area contributed by atoms with E-state index in [1.807, 2.05) is 6.07 Å². The van der Waals surface area contributed by atoms with E-state index in [1.54, 1.807) is 49.5 Å². The molecule has 0 saturated carbocycles. The second kappa shape index (κ2) is 7.25. The van der Waals surface area contributed by atoms with Crippen molar-refractivity contribution in [3.8, 4) is 0 Å². The van der Waals surface area contributed by atoms with Crippen LogP contribution in [0.25, 0.3) is 0 Å². The van der Waals surface area contributed by atoms with Crippen molar-refractivity contribution in [2.24, 2.45) is 4.99 Å².